The predicted octanol–water partition coefficient (Wildman–Crippen LogP) is 1.52. The number of hydrogen-bond donors (Lipinski definition) is 2. The number of aliphatic carboxylic acids is 1. The fraction of sp³-hybridized carbons (Fsp3) is 0.100. The van der Waals surface area contributed by atoms with Crippen LogP contribution in [0, 0.1) is 12.7 Å². The van der Waals surface area contributed by atoms with Crippen molar-refractivity contribution in [1.82, 2.24) is 0 Å². The molecule has 14 heavy (non-hydrogen) atoms. The number of benzene rings is 1. The zero-order valence-electron chi connectivity index (χ0n) is 7.62. The molecule has 0 aliphatic carbocycles. The molecular formula is C10H10FNO2. The summed E-state index contributed by atoms with van der Waals surface area (Å²) < 4.78 is 12.7. The second-order valence-electron chi connectivity index (χ2n) is 2.91. The molecule has 0 bridgehead atoms. The molecule has 0 radical (unpaired) electrons. The standard InChI is InChI=1S/C10H10FNO2/c1-6-4-8(11)3-2-7(6)5-9(12)10(13)14/h2-5H,12H2,1H3,(H,13,14)/b9-5+. The van der Waals surface area contributed by atoms with Gasteiger partial charge in [-0.15, -0.1) is 0 Å². The van der Waals surface area contributed by atoms with Crippen molar-refractivity contribution in [2.45, 2.75) is 6.92 Å². The molecule has 1 aromatic carbocycles. The van der Waals surface area contributed by atoms with Crippen molar-refractivity contribution in [2.75, 3.05) is 0 Å². The highest BCUT2D eigenvalue weighted by Gasteiger charge is 2.03. The first kappa shape index (κ1) is 10.2. The second-order valence-corrected chi connectivity index (χ2v) is 2.91. The fourth-order valence-corrected chi connectivity index (χ4v) is 1.03. The summed E-state index contributed by atoms with van der Waals surface area (Å²) in [6.07, 6.45) is 1.30. The number of carboxylic acids is 1. The molecule has 1 rings (SSSR count). The average molecular weight is 195 g/mol. The Kier molecular flexibility index (Phi) is 2.86. The van der Waals surface area contributed by atoms with Crippen LogP contribution in [0.5, 0.6) is 0 Å². The third-order valence-corrected chi connectivity index (χ3v) is 1.79. The Morgan fingerprint density at radius 2 is 2.21 bits per heavy atom. The van der Waals surface area contributed by atoms with Gasteiger partial charge in [0.25, 0.3) is 0 Å². The van der Waals surface area contributed by atoms with E-state index in [1.165, 1.54) is 24.3 Å². The van der Waals surface area contributed by atoms with E-state index in [4.69, 9.17) is 10.8 Å². The van der Waals surface area contributed by atoms with Gasteiger partial charge in [-0.1, -0.05) is 6.07 Å². The highest BCUT2D eigenvalue weighted by molar-refractivity contribution is 5.91. The molecule has 0 unspecified atom stereocenters. The SMILES string of the molecule is Cc1cc(F)ccc1/C=C(/N)C(=O)O. The summed E-state index contributed by atoms with van der Waals surface area (Å²) in [5, 5.41) is 8.52. The van der Waals surface area contributed by atoms with Gasteiger partial charge in [-0.3, -0.25) is 0 Å². The van der Waals surface area contributed by atoms with Gasteiger partial charge >= 0.3 is 5.97 Å². The first-order valence-corrected chi connectivity index (χ1v) is 3.97. The summed E-state index contributed by atoms with van der Waals surface area (Å²) in [7, 11) is 0. The molecule has 0 aromatic heterocycles. The maximum Gasteiger partial charge on any atom is 0.351 e. The Hall–Kier alpha value is -1.84. The van der Waals surface area contributed by atoms with Gasteiger partial charge in [-0.2, -0.15) is 0 Å². The Labute approximate surface area is 80.7 Å². The average Bonchev–Trinajstić information content (AvgIpc) is 2.09. The van der Waals surface area contributed by atoms with E-state index in [9.17, 15) is 9.18 Å². The Morgan fingerprint density at radius 3 is 2.71 bits per heavy atom. The Morgan fingerprint density at radius 1 is 1.57 bits per heavy atom. The van der Waals surface area contributed by atoms with E-state index in [1.54, 1.807) is 6.92 Å². The highest BCUT2D eigenvalue weighted by Crippen LogP contribution is 2.12. The van der Waals surface area contributed by atoms with Crippen molar-refractivity contribution in [2.24, 2.45) is 5.73 Å². The van der Waals surface area contributed by atoms with Crippen molar-refractivity contribution in [3.8, 4) is 0 Å². The van der Waals surface area contributed by atoms with Gasteiger partial charge in [-0.25, -0.2) is 9.18 Å². The lowest BCUT2D eigenvalue weighted by molar-refractivity contribution is -0.132. The van der Waals surface area contributed by atoms with Crippen LogP contribution < -0.4 is 5.73 Å². The van der Waals surface area contributed by atoms with Crippen LogP contribution >= 0.6 is 0 Å². The van der Waals surface area contributed by atoms with Crippen molar-refractivity contribution in [3.63, 3.8) is 0 Å². The highest BCUT2D eigenvalue weighted by atomic mass is 19.1. The summed E-state index contributed by atoms with van der Waals surface area (Å²) in [5.74, 6) is -1.54. The van der Waals surface area contributed by atoms with Gasteiger partial charge in [0, 0.05) is 0 Å². The fourth-order valence-electron chi connectivity index (χ4n) is 1.03. The van der Waals surface area contributed by atoms with Crippen LogP contribution in [0.4, 0.5) is 4.39 Å². The topological polar surface area (TPSA) is 63.3 Å². The lowest BCUT2D eigenvalue weighted by atomic mass is 10.1. The maximum atomic E-state index is 12.7. The van der Waals surface area contributed by atoms with E-state index < -0.39 is 5.97 Å². The minimum absolute atomic E-state index is 0.264. The quantitative estimate of drug-likeness (QED) is 0.703. The molecule has 3 nitrogen and oxygen atoms in total. The monoisotopic (exact) mass is 195 g/mol. The van der Waals surface area contributed by atoms with E-state index in [0.29, 0.717) is 11.1 Å². The van der Waals surface area contributed by atoms with Crippen LogP contribution in [0.1, 0.15) is 11.1 Å². The summed E-state index contributed by atoms with van der Waals surface area (Å²) in [5.41, 5.74) is 6.21. The van der Waals surface area contributed by atoms with Crippen LogP contribution in [-0.2, 0) is 4.79 Å². The van der Waals surface area contributed by atoms with Gasteiger partial charge in [0.15, 0.2) is 0 Å². The molecular weight excluding hydrogens is 185 g/mol. The summed E-state index contributed by atoms with van der Waals surface area (Å²) >= 11 is 0. The minimum atomic E-state index is -1.19. The largest absolute Gasteiger partial charge is 0.477 e. The molecule has 4 heteroatoms. The number of carbonyl (C=O) groups is 1. The predicted molar refractivity (Wildman–Crippen MR) is 50.9 cm³/mol. The summed E-state index contributed by atoms with van der Waals surface area (Å²) in [6, 6.07) is 4.06. The number of aryl methyl sites for hydroxylation is 1. The second kappa shape index (κ2) is 3.91. The van der Waals surface area contributed by atoms with E-state index >= 15 is 0 Å². The maximum absolute atomic E-state index is 12.7. The molecule has 0 heterocycles. The molecule has 74 valence electrons. The van der Waals surface area contributed by atoms with E-state index in [-0.39, 0.29) is 11.5 Å². The third kappa shape index (κ3) is 2.32. The van der Waals surface area contributed by atoms with Crippen LogP contribution in [0.15, 0.2) is 23.9 Å². The molecule has 0 aliphatic heterocycles. The third-order valence-electron chi connectivity index (χ3n) is 1.79. The normalized spacial score (nSPS) is 11.4. The van der Waals surface area contributed by atoms with Gasteiger partial charge in [0.2, 0.25) is 0 Å². The van der Waals surface area contributed by atoms with E-state index in [1.807, 2.05) is 0 Å². The van der Waals surface area contributed by atoms with Crippen LogP contribution in [0.2, 0.25) is 0 Å². The van der Waals surface area contributed by atoms with Crippen molar-refractivity contribution >= 4 is 12.0 Å². The number of rotatable bonds is 2. The van der Waals surface area contributed by atoms with Crippen LogP contribution in [-0.4, -0.2) is 11.1 Å². The molecule has 0 fully saturated rings. The number of halogens is 1. The van der Waals surface area contributed by atoms with Gasteiger partial charge < -0.3 is 10.8 Å². The van der Waals surface area contributed by atoms with Crippen molar-refractivity contribution in [1.29, 1.82) is 0 Å². The van der Waals surface area contributed by atoms with Gasteiger partial charge in [0.05, 0.1) is 0 Å². The zero-order valence-corrected chi connectivity index (χ0v) is 7.62. The molecule has 1 aromatic rings. The van der Waals surface area contributed by atoms with Crippen molar-refractivity contribution < 1.29 is 14.3 Å². The number of nitrogens with two attached hydrogens (primary N) is 1. The molecule has 0 saturated carbocycles. The van der Waals surface area contributed by atoms with E-state index in [0.717, 1.165) is 0 Å². The van der Waals surface area contributed by atoms with Gasteiger partial charge in [0.1, 0.15) is 11.5 Å². The Bertz CT molecular complexity index is 399. The first-order valence-electron chi connectivity index (χ1n) is 3.97. The lowest BCUT2D eigenvalue weighted by Gasteiger charge is -2.00. The summed E-state index contributed by atoms with van der Waals surface area (Å²) in [6.45, 7) is 1.68. The molecule has 0 spiro atoms. The molecule has 0 aliphatic rings. The molecule has 0 saturated heterocycles. The lowest BCUT2D eigenvalue weighted by Crippen LogP contribution is -2.09. The molecule has 0 amide bonds. The molecule has 3 N–H and O–H groups in total. The summed E-state index contributed by atoms with van der Waals surface area (Å²) in [4.78, 5) is 10.4. The van der Waals surface area contributed by atoms with Crippen molar-refractivity contribution in [3.05, 3.63) is 40.8 Å². The first-order chi connectivity index (χ1) is 6.50. The minimum Gasteiger partial charge on any atom is -0.477 e. The number of hydrogen-bond acceptors (Lipinski definition) is 2. The van der Waals surface area contributed by atoms with Crippen LogP contribution in [0.25, 0.3) is 6.08 Å². The van der Waals surface area contributed by atoms with Crippen LogP contribution in [0.3, 0.4) is 0 Å². The smallest absolute Gasteiger partial charge is 0.351 e. The zero-order chi connectivity index (χ0) is 10.7. The van der Waals surface area contributed by atoms with E-state index in [2.05, 4.69) is 0 Å². The molecule has 0 atom stereocenters. The van der Waals surface area contributed by atoms with Gasteiger partial charge in [-0.05, 0) is 36.3 Å². The number of carboxylic acid groups (broad SMARTS) is 1. The Balaban J connectivity index is 3.09.